The van der Waals surface area contributed by atoms with Gasteiger partial charge in [-0.05, 0) is 47.5 Å². The molecule has 0 aromatic heterocycles. The van der Waals surface area contributed by atoms with Crippen LogP contribution in [-0.4, -0.2) is 17.7 Å². The van der Waals surface area contributed by atoms with Gasteiger partial charge in [-0.15, -0.1) is 0 Å². The fourth-order valence-electron chi connectivity index (χ4n) is 2.76. The van der Waals surface area contributed by atoms with E-state index in [4.69, 9.17) is 10.00 Å². The molecule has 1 unspecified atom stereocenters. The van der Waals surface area contributed by atoms with E-state index >= 15 is 0 Å². The van der Waals surface area contributed by atoms with Gasteiger partial charge >= 0.3 is 0 Å². The zero-order valence-electron chi connectivity index (χ0n) is 15.5. The lowest BCUT2D eigenvalue weighted by molar-refractivity contribution is -0.133. The zero-order chi connectivity index (χ0) is 20.6. The molecule has 3 aromatic rings. The Balaban J connectivity index is 1.55. The number of alkyl halides is 1. The number of halogens is 1. The van der Waals surface area contributed by atoms with Gasteiger partial charge in [0.05, 0.1) is 11.6 Å². The highest BCUT2D eigenvalue weighted by atomic mass is 19.1. The molecule has 0 heterocycles. The number of nitrogens with zero attached hydrogens (tertiary/aromatic N) is 1. The standard InChI is InChI=1S/C24H18FNO3/c25-24(22(27)14-17-6-8-19(16-26)9-7-17)23(28)15-18-10-12-21(13-11-18)29-20-4-2-1-3-5-20/h1-13,24H,14-15H2. The highest BCUT2D eigenvalue weighted by Crippen LogP contribution is 2.21. The minimum atomic E-state index is -2.18. The van der Waals surface area contributed by atoms with Crippen LogP contribution in [0.1, 0.15) is 16.7 Å². The molecule has 0 aliphatic carbocycles. The van der Waals surface area contributed by atoms with E-state index in [1.807, 2.05) is 36.4 Å². The first-order chi connectivity index (χ1) is 14.0. The summed E-state index contributed by atoms with van der Waals surface area (Å²) in [4.78, 5) is 24.2. The Labute approximate surface area is 168 Å². The smallest absolute Gasteiger partial charge is 0.216 e. The predicted molar refractivity (Wildman–Crippen MR) is 106 cm³/mol. The maximum absolute atomic E-state index is 14.3. The summed E-state index contributed by atoms with van der Waals surface area (Å²) in [6.07, 6.45) is -2.54. The summed E-state index contributed by atoms with van der Waals surface area (Å²) < 4.78 is 20.0. The predicted octanol–water partition coefficient (Wildman–Crippen LogP) is 4.61. The number of ketones is 2. The van der Waals surface area contributed by atoms with Crippen molar-refractivity contribution in [2.24, 2.45) is 0 Å². The van der Waals surface area contributed by atoms with Crippen LogP contribution in [0, 0.1) is 11.3 Å². The van der Waals surface area contributed by atoms with Gasteiger partial charge in [0.1, 0.15) is 11.5 Å². The Morgan fingerprint density at radius 1 is 0.793 bits per heavy atom. The van der Waals surface area contributed by atoms with E-state index in [1.165, 1.54) is 0 Å². The molecule has 0 saturated carbocycles. The van der Waals surface area contributed by atoms with Crippen molar-refractivity contribution in [2.45, 2.75) is 19.0 Å². The number of carbonyl (C=O) groups is 2. The van der Waals surface area contributed by atoms with Crippen LogP contribution in [0.5, 0.6) is 11.5 Å². The van der Waals surface area contributed by atoms with Gasteiger partial charge in [-0.3, -0.25) is 9.59 Å². The monoisotopic (exact) mass is 387 g/mol. The summed E-state index contributed by atoms with van der Waals surface area (Å²) in [6.45, 7) is 0. The van der Waals surface area contributed by atoms with Gasteiger partial charge in [-0.1, -0.05) is 42.5 Å². The molecule has 3 aromatic carbocycles. The molecule has 4 nitrogen and oxygen atoms in total. The third-order valence-corrected chi connectivity index (χ3v) is 4.31. The van der Waals surface area contributed by atoms with Gasteiger partial charge in [0.2, 0.25) is 6.17 Å². The van der Waals surface area contributed by atoms with E-state index in [0.717, 1.165) is 0 Å². The van der Waals surface area contributed by atoms with E-state index < -0.39 is 17.7 Å². The van der Waals surface area contributed by atoms with E-state index in [-0.39, 0.29) is 12.8 Å². The summed E-state index contributed by atoms with van der Waals surface area (Å²) in [7, 11) is 0. The second-order valence-corrected chi connectivity index (χ2v) is 6.52. The van der Waals surface area contributed by atoms with Gasteiger partial charge in [0, 0.05) is 12.8 Å². The van der Waals surface area contributed by atoms with E-state index in [9.17, 15) is 14.0 Å². The van der Waals surface area contributed by atoms with Gasteiger partial charge < -0.3 is 4.74 Å². The molecule has 0 aliphatic heterocycles. The SMILES string of the molecule is N#Cc1ccc(CC(=O)C(F)C(=O)Cc2ccc(Oc3ccccc3)cc2)cc1. The highest BCUT2D eigenvalue weighted by molar-refractivity contribution is 6.06. The van der Waals surface area contributed by atoms with Crippen molar-refractivity contribution >= 4 is 11.6 Å². The summed E-state index contributed by atoms with van der Waals surface area (Å²) in [5.74, 6) is -0.279. The number of ether oxygens (including phenoxy) is 1. The van der Waals surface area contributed by atoms with Crippen LogP contribution in [0.3, 0.4) is 0 Å². The number of hydrogen-bond donors (Lipinski definition) is 0. The Morgan fingerprint density at radius 2 is 1.28 bits per heavy atom. The summed E-state index contributed by atoms with van der Waals surface area (Å²) in [5, 5.41) is 8.77. The number of nitriles is 1. The molecule has 3 rings (SSSR count). The van der Waals surface area contributed by atoms with Gasteiger partial charge in [0.15, 0.2) is 11.6 Å². The van der Waals surface area contributed by atoms with Crippen molar-refractivity contribution in [1.82, 2.24) is 0 Å². The topological polar surface area (TPSA) is 67.2 Å². The molecule has 0 amide bonds. The van der Waals surface area contributed by atoms with E-state index in [0.29, 0.717) is 28.2 Å². The normalized spacial score (nSPS) is 11.3. The average molecular weight is 387 g/mol. The van der Waals surface area contributed by atoms with Gasteiger partial charge in [-0.25, -0.2) is 4.39 Å². The van der Waals surface area contributed by atoms with Crippen molar-refractivity contribution in [3.05, 3.63) is 95.6 Å². The van der Waals surface area contributed by atoms with Crippen molar-refractivity contribution in [3.8, 4) is 17.6 Å². The molecule has 0 saturated heterocycles. The molecule has 0 radical (unpaired) electrons. The minimum absolute atomic E-state index is 0.175. The quantitative estimate of drug-likeness (QED) is 0.529. The largest absolute Gasteiger partial charge is 0.457 e. The maximum Gasteiger partial charge on any atom is 0.216 e. The third kappa shape index (κ3) is 5.60. The van der Waals surface area contributed by atoms with Gasteiger partial charge in [-0.2, -0.15) is 5.26 Å². The van der Waals surface area contributed by atoms with Crippen LogP contribution in [-0.2, 0) is 22.4 Å². The van der Waals surface area contributed by atoms with Crippen LogP contribution in [0.25, 0.3) is 0 Å². The molecule has 1 atom stereocenters. The number of benzene rings is 3. The molecule has 0 spiro atoms. The van der Waals surface area contributed by atoms with Crippen molar-refractivity contribution in [2.75, 3.05) is 0 Å². The van der Waals surface area contributed by atoms with Crippen molar-refractivity contribution < 1.29 is 18.7 Å². The fourth-order valence-corrected chi connectivity index (χ4v) is 2.76. The second-order valence-electron chi connectivity index (χ2n) is 6.52. The number of Topliss-reactive ketones (excluding diaryl/α,β-unsaturated/α-hetero) is 2. The molecule has 0 N–H and O–H groups in total. The Bertz CT molecular complexity index is 1020. The molecular formula is C24H18FNO3. The zero-order valence-corrected chi connectivity index (χ0v) is 15.5. The third-order valence-electron chi connectivity index (χ3n) is 4.31. The molecular weight excluding hydrogens is 369 g/mol. The van der Waals surface area contributed by atoms with Crippen LogP contribution >= 0.6 is 0 Å². The highest BCUT2D eigenvalue weighted by Gasteiger charge is 2.25. The van der Waals surface area contributed by atoms with Crippen molar-refractivity contribution in [3.63, 3.8) is 0 Å². The maximum atomic E-state index is 14.3. The molecule has 0 bridgehead atoms. The Hall–Kier alpha value is -3.78. The molecule has 29 heavy (non-hydrogen) atoms. The molecule has 5 heteroatoms. The second kappa shape index (κ2) is 9.43. The number of hydrogen-bond acceptors (Lipinski definition) is 4. The number of carbonyl (C=O) groups excluding carboxylic acids is 2. The lowest BCUT2D eigenvalue weighted by Crippen LogP contribution is -2.28. The fraction of sp³-hybridized carbons (Fsp3) is 0.125. The van der Waals surface area contributed by atoms with Crippen LogP contribution < -0.4 is 4.74 Å². The summed E-state index contributed by atoms with van der Waals surface area (Å²) >= 11 is 0. The Kier molecular flexibility index (Phi) is 6.49. The number of para-hydroxylation sites is 1. The lowest BCUT2D eigenvalue weighted by Gasteiger charge is -2.09. The van der Waals surface area contributed by atoms with Crippen LogP contribution in [0.4, 0.5) is 4.39 Å². The number of rotatable bonds is 8. The molecule has 0 fully saturated rings. The minimum Gasteiger partial charge on any atom is -0.457 e. The van der Waals surface area contributed by atoms with Crippen LogP contribution in [0.2, 0.25) is 0 Å². The average Bonchev–Trinajstić information content (AvgIpc) is 2.75. The van der Waals surface area contributed by atoms with Gasteiger partial charge in [0.25, 0.3) is 0 Å². The van der Waals surface area contributed by atoms with E-state index in [1.54, 1.807) is 48.5 Å². The van der Waals surface area contributed by atoms with Crippen LogP contribution in [0.15, 0.2) is 78.9 Å². The van der Waals surface area contributed by atoms with Crippen molar-refractivity contribution in [1.29, 1.82) is 5.26 Å². The molecule has 144 valence electrons. The Morgan fingerprint density at radius 3 is 1.79 bits per heavy atom. The summed E-state index contributed by atoms with van der Waals surface area (Å²) in [5.41, 5.74) is 1.62. The lowest BCUT2D eigenvalue weighted by atomic mass is 9.99. The first-order valence-electron chi connectivity index (χ1n) is 9.05. The molecule has 0 aliphatic rings. The summed E-state index contributed by atoms with van der Waals surface area (Å²) in [6, 6.07) is 24.2. The first-order valence-corrected chi connectivity index (χ1v) is 9.05. The first kappa shape index (κ1) is 20.0. The van der Waals surface area contributed by atoms with E-state index in [2.05, 4.69) is 0 Å².